The summed E-state index contributed by atoms with van der Waals surface area (Å²) in [5, 5.41) is 3.99. The number of carbonyl (C=O) groups excluding carboxylic acids is 1. The van der Waals surface area contributed by atoms with Gasteiger partial charge in [-0.15, -0.1) is 0 Å². The van der Waals surface area contributed by atoms with Crippen LogP contribution in [0.25, 0.3) is 11.1 Å². The second kappa shape index (κ2) is 11.9. The molecule has 1 amide bonds. The van der Waals surface area contributed by atoms with Crippen molar-refractivity contribution >= 4 is 17.5 Å². The predicted molar refractivity (Wildman–Crippen MR) is 147 cm³/mol. The van der Waals surface area contributed by atoms with E-state index in [0.717, 1.165) is 55.6 Å². The minimum absolute atomic E-state index is 0.00979. The number of hydrogen-bond acceptors (Lipinski definition) is 2. The van der Waals surface area contributed by atoms with Crippen LogP contribution in [-0.4, -0.2) is 36.5 Å². The van der Waals surface area contributed by atoms with Gasteiger partial charge in [0.1, 0.15) is 0 Å². The van der Waals surface area contributed by atoms with Crippen LogP contribution >= 0.6 is 11.6 Å². The molecule has 0 radical (unpaired) electrons. The average molecular weight is 489 g/mol. The zero-order chi connectivity index (χ0) is 24.7. The van der Waals surface area contributed by atoms with E-state index >= 15 is 0 Å². The molecule has 0 aromatic heterocycles. The molecule has 3 aromatic carbocycles. The van der Waals surface area contributed by atoms with Crippen molar-refractivity contribution in [2.45, 2.75) is 57.4 Å². The minimum Gasteiger partial charge on any atom is -0.349 e. The molecule has 184 valence electrons. The van der Waals surface area contributed by atoms with E-state index in [0.29, 0.717) is 5.02 Å². The number of amides is 1. The minimum atomic E-state index is 0.00979. The molecular weight excluding hydrogens is 452 g/mol. The van der Waals surface area contributed by atoms with Gasteiger partial charge in [-0.2, -0.15) is 0 Å². The molecule has 0 saturated carbocycles. The van der Waals surface area contributed by atoms with Crippen LogP contribution in [0.2, 0.25) is 5.02 Å². The lowest BCUT2D eigenvalue weighted by molar-refractivity contribution is 0.0910. The number of benzene rings is 3. The summed E-state index contributed by atoms with van der Waals surface area (Å²) in [5.74, 6) is 0.00979. The van der Waals surface area contributed by atoms with Crippen LogP contribution in [0, 0.1) is 0 Å². The first-order chi connectivity index (χ1) is 17.0. The van der Waals surface area contributed by atoms with Crippen LogP contribution in [0.1, 0.15) is 61.9 Å². The summed E-state index contributed by atoms with van der Waals surface area (Å²) < 4.78 is 0. The van der Waals surface area contributed by atoms with Crippen molar-refractivity contribution in [3.8, 4) is 11.1 Å². The van der Waals surface area contributed by atoms with Gasteiger partial charge < -0.3 is 10.2 Å². The Labute approximate surface area is 215 Å². The molecule has 1 fully saturated rings. The molecule has 0 aliphatic carbocycles. The molecule has 1 aliphatic heterocycles. The molecule has 1 heterocycles. The highest BCUT2D eigenvalue weighted by molar-refractivity contribution is 6.30. The standard InChI is InChI=1S/C31H37ClN2O/c1-3-31(2,25-10-5-4-6-11-25)20-9-21-34-22-18-27(19-23-34)33-30(35)29-13-8-7-12-28(29)24-14-16-26(32)17-15-24/h4-8,10-17,27H,3,9,18-23H2,1-2H3,(H,33,35). The summed E-state index contributed by atoms with van der Waals surface area (Å²) in [7, 11) is 0. The summed E-state index contributed by atoms with van der Waals surface area (Å²) in [4.78, 5) is 15.7. The largest absolute Gasteiger partial charge is 0.349 e. The number of carbonyl (C=O) groups is 1. The van der Waals surface area contributed by atoms with Crippen molar-refractivity contribution in [1.82, 2.24) is 10.2 Å². The Hall–Kier alpha value is -2.62. The van der Waals surface area contributed by atoms with Gasteiger partial charge in [0.25, 0.3) is 5.91 Å². The Morgan fingerprint density at radius 1 is 0.971 bits per heavy atom. The number of rotatable bonds is 9. The number of piperidine rings is 1. The van der Waals surface area contributed by atoms with Crippen molar-refractivity contribution in [3.05, 3.63) is 95.0 Å². The number of halogens is 1. The van der Waals surface area contributed by atoms with E-state index in [1.54, 1.807) is 0 Å². The highest BCUT2D eigenvalue weighted by Crippen LogP contribution is 2.32. The topological polar surface area (TPSA) is 32.3 Å². The first kappa shape index (κ1) is 25.5. The third-order valence-electron chi connectivity index (χ3n) is 7.70. The van der Waals surface area contributed by atoms with Crippen LogP contribution < -0.4 is 5.32 Å². The summed E-state index contributed by atoms with van der Waals surface area (Å²) in [6.45, 7) is 7.90. The zero-order valence-electron chi connectivity index (χ0n) is 21.0. The molecule has 4 heteroatoms. The zero-order valence-corrected chi connectivity index (χ0v) is 21.7. The fourth-order valence-electron chi connectivity index (χ4n) is 5.18. The Kier molecular flexibility index (Phi) is 8.64. The van der Waals surface area contributed by atoms with Crippen molar-refractivity contribution in [2.75, 3.05) is 19.6 Å². The Balaban J connectivity index is 1.27. The Morgan fingerprint density at radius 2 is 1.63 bits per heavy atom. The van der Waals surface area contributed by atoms with Crippen molar-refractivity contribution < 1.29 is 4.79 Å². The molecule has 1 atom stereocenters. The van der Waals surface area contributed by atoms with Gasteiger partial charge in [-0.1, -0.05) is 86.1 Å². The van der Waals surface area contributed by atoms with Crippen molar-refractivity contribution in [3.63, 3.8) is 0 Å². The Bertz CT molecular complexity index is 1090. The van der Waals surface area contributed by atoms with Crippen molar-refractivity contribution in [1.29, 1.82) is 0 Å². The molecule has 35 heavy (non-hydrogen) atoms. The van der Waals surface area contributed by atoms with E-state index in [-0.39, 0.29) is 17.4 Å². The van der Waals surface area contributed by atoms with Gasteiger partial charge in [0.2, 0.25) is 0 Å². The molecule has 1 N–H and O–H groups in total. The monoisotopic (exact) mass is 488 g/mol. The summed E-state index contributed by atoms with van der Waals surface area (Å²) >= 11 is 6.05. The van der Waals surface area contributed by atoms with Crippen LogP contribution in [0.5, 0.6) is 0 Å². The second-order valence-electron chi connectivity index (χ2n) is 10.0. The van der Waals surface area contributed by atoms with Gasteiger partial charge in [-0.25, -0.2) is 0 Å². The molecule has 3 aromatic rings. The van der Waals surface area contributed by atoms with E-state index in [9.17, 15) is 4.79 Å². The molecule has 0 bridgehead atoms. The van der Waals surface area contributed by atoms with E-state index < -0.39 is 0 Å². The van der Waals surface area contributed by atoms with Crippen molar-refractivity contribution in [2.24, 2.45) is 0 Å². The molecule has 3 nitrogen and oxygen atoms in total. The highest BCUT2D eigenvalue weighted by atomic mass is 35.5. The maximum Gasteiger partial charge on any atom is 0.252 e. The van der Waals surface area contributed by atoms with Gasteiger partial charge in [0.15, 0.2) is 0 Å². The number of hydrogen-bond donors (Lipinski definition) is 1. The van der Waals surface area contributed by atoms with E-state index in [2.05, 4.69) is 54.4 Å². The smallest absolute Gasteiger partial charge is 0.252 e. The Morgan fingerprint density at radius 3 is 2.31 bits per heavy atom. The molecular formula is C31H37ClN2O. The maximum atomic E-state index is 13.2. The molecule has 1 aliphatic rings. The van der Waals surface area contributed by atoms with Gasteiger partial charge >= 0.3 is 0 Å². The molecule has 4 rings (SSSR count). The lowest BCUT2D eigenvalue weighted by atomic mass is 9.76. The lowest BCUT2D eigenvalue weighted by Gasteiger charge is -2.34. The maximum absolute atomic E-state index is 13.2. The van der Waals surface area contributed by atoms with Crippen LogP contribution in [-0.2, 0) is 5.41 Å². The number of nitrogens with one attached hydrogen (secondary N) is 1. The van der Waals surface area contributed by atoms with Crippen LogP contribution in [0.4, 0.5) is 0 Å². The van der Waals surface area contributed by atoms with Gasteiger partial charge in [0.05, 0.1) is 0 Å². The van der Waals surface area contributed by atoms with Crippen LogP contribution in [0.3, 0.4) is 0 Å². The first-order valence-electron chi connectivity index (χ1n) is 12.9. The number of likely N-dealkylation sites (tertiary alicyclic amines) is 1. The summed E-state index contributed by atoms with van der Waals surface area (Å²) in [6.07, 6.45) is 5.55. The third kappa shape index (κ3) is 6.54. The average Bonchev–Trinajstić information content (AvgIpc) is 2.90. The quantitative estimate of drug-likeness (QED) is 0.341. The number of nitrogens with zero attached hydrogens (tertiary/aromatic N) is 1. The SMILES string of the molecule is CCC(C)(CCCN1CCC(NC(=O)c2ccccc2-c2ccc(Cl)cc2)CC1)c1ccccc1. The van der Waals surface area contributed by atoms with E-state index in [1.807, 2.05) is 48.5 Å². The fraction of sp³-hybridized carbons (Fsp3) is 0.387. The first-order valence-corrected chi connectivity index (χ1v) is 13.3. The van der Waals surface area contributed by atoms with E-state index in [1.165, 1.54) is 18.4 Å². The lowest BCUT2D eigenvalue weighted by Crippen LogP contribution is -2.45. The van der Waals surface area contributed by atoms with Gasteiger partial charge in [0, 0.05) is 29.7 Å². The molecule has 1 unspecified atom stereocenters. The molecule has 1 saturated heterocycles. The third-order valence-corrected chi connectivity index (χ3v) is 7.96. The van der Waals surface area contributed by atoms with E-state index in [4.69, 9.17) is 11.6 Å². The van der Waals surface area contributed by atoms with Gasteiger partial charge in [-0.05, 0) is 79.0 Å². The normalized spacial score (nSPS) is 16.5. The van der Waals surface area contributed by atoms with Crippen LogP contribution in [0.15, 0.2) is 78.9 Å². The fourth-order valence-corrected chi connectivity index (χ4v) is 5.31. The molecule has 0 spiro atoms. The summed E-state index contributed by atoms with van der Waals surface area (Å²) in [6, 6.07) is 26.6. The van der Waals surface area contributed by atoms with Gasteiger partial charge in [-0.3, -0.25) is 4.79 Å². The highest BCUT2D eigenvalue weighted by Gasteiger charge is 2.26. The second-order valence-corrected chi connectivity index (χ2v) is 10.5. The summed E-state index contributed by atoms with van der Waals surface area (Å²) in [5.41, 5.74) is 4.35. The predicted octanol–water partition coefficient (Wildman–Crippen LogP) is 7.35.